The van der Waals surface area contributed by atoms with Crippen LogP contribution in [0.15, 0.2) is 11.6 Å². The topological polar surface area (TPSA) is 122 Å². The zero-order valence-electron chi connectivity index (χ0n) is 31.2. The lowest BCUT2D eigenvalue weighted by Crippen LogP contribution is -2.65. The molecule has 2 amide bonds. The summed E-state index contributed by atoms with van der Waals surface area (Å²) in [5.74, 6) is 0.0764. The van der Waals surface area contributed by atoms with E-state index in [1.165, 1.54) is 6.42 Å². The molecule has 5 aliphatic rings. The number of carboxylic acids is 1. The summed E-state index contributed by atoms with van der Waals surface area (Å²) in [6.45, 7) is 19.0. The van der Waals surface area contributed by atoms with Crippen LogP contribution in [-0.2, 0) is 23.9 Å². The summed E-state index contributed by atoms with van der Waals surface area (Å²) in [5.41, 5.74) is 1.69. The quantitative estimate of drug-likeness (QED) is 0.125. The normalized spacial score (nSPS) is 39.3. The number of hydrogen-bond acceptors (Lipinski definition) is 5. The highest BCUT2D eigenvalue weighted by Crippen LogP contribution is 2.75. The van der Waals surface area contributed by atoms with Gasteiger partial charge in [-0.2, -0.15) is 0 Å². The molecule has 48 heavy (non-hydrogen) atoms. The van der Waals surface area contributed by atoms with E-state index in [1.54, 1.807) is 12.5 Å². The molecule has 0 spiro atoms. The van der Waals surface area contributed by atoms with E-state index in [2.05, 4.69) is 65.2 Å². The third-order valence-corrected chi connectivity index (χ3v) is 15.1. The minimum Gasteiger partial charge on any atom is -0.480 e. The summed E-state index contributed by atoms with van der Waals surface area (Å²) in [5, 5.41) is 14.5. The standard InChI is InChI=1S/C40H64N2O6/c1-26(43)48-31-16-17-37(6)29(36(31,4)5)15-18-39(8)30(37)14-13-27-28-24-35(2,3)19-21-40(28,22-20-38(27,39)7)34(47)41-23-11-9-10-12-32(44)42-25-33(45)46/h13,28-31H,9-12,14-25H2,1-8H3,(H,41,47)(H,42,44)(H,45,46)/t28-,29-,30+,31-,37-,38+,39+,40-/m0/s1. The first kappa shape index (κ1) is 36.9. The number of allylic oxidation sites excluding steroid dienone is 2. The van der Waals surface area contributed by atoms with Crippen molar-refractivity contribution >= 4 is 23.8 Å². The van der Waals surface area contributed by atoms with Gasteiger partial charge in [-0.05, 0) is 116 Å². The first-order valence-corrected chi connectivity index (χ1v) is 19.0. The Kier molecular flexibility index (Phi) is 10.0. The molecule has 5 aliphatic carbocycles. The second-order valence-corrected chi connectivity index (χ2v) is 18.6. The molecule has 0 bridgehead atoms. The van der Waals surface area contributed by atoms with Gasteiger partial charge in [0, 0.05) is 25.3 Å². The molecule has 8 atom stereocenters. The summed E-state index contributed by atoms with van der Waals surface area (Å²) in [6, 6.07) is 0. The highest BCUT2D eigenvalue weighted by molar-refractivity contribution is 5.84. The predicted molar refractivity (Wildman–Crippen MR) is 187 cm³/mol. The van der Waals surface area contributed by atoms with Gasteiger partial charge in [-0.1, -0.05) is 66.5 Å². The van der Waals surface area contributed by atoms with Gasteiger partial charge in [0.25, 0.3) is 0 Å². The average molecular weight is 669 g/mol. The van der Waals surface area contributed by atoms with Gasteiger partial charge in [-0.25, -0.2) is 0 Å². The molecular formula is C40H64N2O6. The van der Waals surface area contributed by atoms with Crippen LogP contribution in [0.2, 0.25) is 0 Å². The van der Waals surface area contributed by atoms with E-state index in [0.29, 0.717) is 31.2 Å². The van der Waals surface area contributed by atoms with Crippen molar-refractivity contribution < 1.29 is 29.0 Å². The molecule has 0 aromatic rings. The molecule has 5 rings (SSSR count). The number of carbonyl (C=O) groups excluding carboxylic acids is 3. The van der Waals surface area contributed by atoms with Gasteiger partial charge < -0.3 is 20.5 Å². The van der Waals surface area contributed by atoms with E-state index in [-0.39, 0.29) is 68.8 Å². The Morgan fingerprint density at radius 3 is 2.25 bits per heavy atom. The zero-order chi connectivity index (χ0) is 35.3. The smallest absolute Gasteiger partial charge is 0.322 e. The number of carbonyl (C=O) groups is 4. The summed E-state index contributed by atoms with van der Waals surface area (Å²) >= 11 is 0. The molecule has 8 heteroatoms. The Morgan fingerprint density at radius 2 is 1.56 bits per heavy atom. The molecule has 0 radical (unpaired) electrons. The largest absolute Gasteiger partial charge is 0.480 e. The molecule has 0 unspecified atom stereocenters. The van der Waals surface area contributed by atoms with Gasteiger partial charge in [-0.15, -0.1) is 0 Å². The van der Waals surface area contributed by atoms with Gasteiger partial charge >= 0.3 is 11.9 Å². The minimum atomic E-state index is -1.04. The van der Waals surface area contributed by atoms with Gasteiger partial charge in [0.2, 0.25) is 11.8 Å². The van der Waals surface area contributed by atoms with Crippen molar-refractivity contribution in [3.05, 3.63) is 11.6 Å². The third kappa shape index (κ3) is 6.25. The van der Waals surface area contributed by atoms with Crippen LogP contribution < -0.4 is 10.6 Å². The number of rotatable bonds is 10. The third-order valence-electron chi connectivity index (χ3n) is 15.1. The molecule has 0 aromatic carbocycles. The Morgan fingerprint density at radius 1 is 0.854 bits per heavy atom. The summed E-state index contributed by atoms with van der Waals surface area (Å²) in [4.78, 5) is 48.9. The van der Waals surface area contributed by atoms with Crippen molar-refractivity contribution in [2.45, 2.75) is 151 Å². The maximum absolute atomic E-state index is 14.3. The van der Waals surface area contributed by atoms with E-state index in [4.69, 9.17) is 9.84 Å². The van der Waals surface area contributed by atoms with Crippen LogP contribution >= 0.6 is 0 Å². The number of aliphatic carboxylic acids is 1. The molecule has 4 fully saturated rings. The van der Waals surface area contributed by atoms with E-state index in [9.17, 15) is 19.2 Å². The number of carboxylic acid groups (broad SMARTS) is 1. The first-order chi connectivity index (χ1) is 22.3. The number of amides is 2. The van der Waals surface area contributed by atoms with Crippen molar-refractivity contribution in [1.29, 1.82) is 0 Å². The Balaban J connectivity index is 1.33. The lowest BCUT2D eigenvalue weighted by Gasteiger charge is -2.71. The van der Waals surface area contributed by atoms with E-state index >= 15 is 0 Å². The van der Waals surface area contributed by atoms with Crippen LogP contribution in [-0.4, -0.2) is 48.1 Å². The number of ether oxygens (including phenoxy) is 1. The van der Waals surface area contributed by atoms with Crippen LogP contribution in [0.1, 0.15) is 145 Å². The number of fused-ring (bicyclic) bond motifs is 7. The van der Waals surface area contributed by atoms with Crippen LogP contribution in [0, 0.1) is 50.2 Å². The van der Waals surface area contributed by atoms with Crippen molar-refractivity contribution in [2.75, 3.05) is 13.1 Å². The average Bonchev–Trinajstić information content (AvgIpc) is 2.99. The summed E-state index contributed by atoms with van der Waals surface area (Å²) in [7, 11) is 0. The molecule has 0 heterocycles. The van der Waals surface area contributed by atoms with Gasteiger partial charge in [0.05, 0.1) is 5.41 Å². The highest BCUT2D eigenvalue weighted by atomic mass is 16.5. The Hall–Kier alpha value is -2.38. The maximum Gasteiger partial charge on any atom is 0.322 e. The SMILES string of the molecule is CC(=O)O[C@H]1CC[C@]2(C)[C@H]3CC=C4[C@@H]5CC(C)(C)CC[C@]5(C(=O)NCCCCCC(=O)NCC(=O)O)CC[C@@]4(C)[C@]3(C)CC[C@H]2C1(C)C. The molecule has 270 valence electrons. The number of nitrogens with one attached hydrogen (secondary N) is 2. The van der Waals surface area contributed by atoms with Crippen LogP contribution in [0.5, 0.6) is 0 Å². The van der Waals surface area contributed by atoms with Crippen LogP contribution in [0.3, 0.4) is 0 Å². The lowest BCUT2D eigenvalue weighted by atomic mass is 9.33. The van der Waals surface area contributed by atoms with Crippen LogP contribution in [0.4, 0.5) is 0 Å². The number of unbranched alkanes of at least 4 members (excludes halogenated alkanes) is 2. The van der Waals surface area contributed by atoms with Crippen LogP contribution in [0.25, 0.3) is 0 Å². The molecular weight excluding hydrogens is 604 g/mol. The monoisotopic (exact) mass is 668 g/mol. The zero-order valence-corrected chi connectivity index (χ0v) is 31.2. The minimum absolute atomic E-state index is 0.0238. The number of esters is 1. The summed E-state index contributed by atoms with van der Waals surface area (Å²) in [6.07, 6.45) is 15.6. The maximum atomic E-state index is 14.3. The van der Waals surface area contributed by atoms with Crippen molar-refractivity contribution in [3.8, 4) is 0 Å². The lowest BCUT2D eigenvalue weighted by molar-refractivity contribution is -0.212. The molecule has 4 saturated carbocycles. The molecule has 8 nitrogen and oxygen atoms in total. The summed E-state index contributed by atoms with van der Waals surface area (Å²) < 4.78 is 5.93. The Labute approximate surface area is 289 Å². The van der Waals surface area contributed by atoms with Crippen molar-refractivity contribution in [2.24, 2.45) is 50.2 Å². The fourth-order valence-corrected chi connectivity index (χ4v) is 12.3. The highest BCUT2D eigenvalue weighted by Gasteiger charge is 2.69. The fourth-order valence-electron chi connectivity index (χ4n) is 12.3. The first-order valence-electron chi connectivity index (χ1n) is 19.0. The van der Waals surface area contributed by atoms with Crippen molar-refractivity contribution in [1.82, 2.24) is 10.6 Å². The van der Waals surface area contributed by atoms with E-state index in [1.807, 2.05) is 0 Å². The van der Waals surface area contributed by atoms with E-state index < -0.39 is 5.97 Å². The van der Waals surface area contributed by atoms with Gasteiger partial charge in [0.15, 0.2) is 0 Å². The molecule has 0 aromatic heterocycles. The Bertz CT molecular complexity index is 1320. The number of hydrogen-bond donors (Lipinski definition) is 3. The fraction of sp³-hybridized carbons (Fsp3) is 0.850. The van der Waals surface area contributed by atoms with Gasteiger partial charge in [0.1, 0.15) is 12.6 Å². The molecule has 0 saturated heterocycles. The van der Waals surface area contributed by atoms with E-state index in [0.717, 1.165) is 70.6 Å². The molecule has 3 N–H and O–H groups in total. The second kappa shape index (κ2) is 13.1. The van der Waals surface area contributed by atoms with Gasteiger partial charge in [-0.3, -0.25) is 19.2 Å². The van der Waals surface area contributed by atoms with Crippen molar-refractivity contribution in [3.63, 3.8) is 0 Å². The predicted octanol–water partition coefficient (Wildman–Crippen LogP) is 7.60. The second-order valence-electron chi connectivity index (χ2n) is 18.6. The molecule has 0 aliphatic heterocycles.